The Morgan fingerprint density at radius 1 is 1.35 bits per heavy atom. The fraction of sp³-hybridized carbons (Fsp3) is 0.600. The van der Waals surface area contributed by atoms with E-state index in [2.05, 4.69) is 26.1 Å². The van der Waals surface area contributed by atoms with Crippen LogP contribution in [0.15, 0.2) is 16.6 Å². The summed E-state index contributed by atoms with van der Waals surface area (Å²) in [5, 5.41) is 13.4. The lowest BCUT2D eigenvalue weighted by molar-refractivity contribution is 0.156. The normalized spacial score (nSPS) is 21.7. The summed E-state index contributed by atoms with van der Waals surface area (Å²) in [4.78, 5) is 2.56. The van der Waals surface area contributed by atoms with Gasteiger partial charge in [-0.1, -0.05) is 0 Å². The van der Waals surface area contributed by atoms with Gasteiger partial charge in [0.1, 0.15) is 0 Å². The second kappa shape index (κ2) is 5.92. The van der Waals surface area contributed by atoms with Gasteiger partial charge in [-0.3, -0.25) is 4.90 Å². The summed E-state index contributed by atoms with van der Waals surface area (Å²) < 4.78 is 6.01. The van der Waals surface area contributed by atoms with Crippen molar-refractivity contribution in [1.29, 1.82) is 0 Å². The Morgan fingerprint density at radius 2 is 2.05 bits per heavy atom. The van der Waals surface area contributed by atoms with E-state index in [1.165, 1.54) is 18.4 Å². The van der Waals surface area contributed by atoms with Crippen LogP contribution in [0.25, 0.3) is 0 Å². The molecule has 0 spiro atoms. The zero-order chi connectivity index (χ0) is 14.1. The summed E-state index contributed by atoms with van der Waals surface area (Å²) in [7, 11) is 1.60. The number of rotatable bonds is 4. The van der Waals surface area contributed by atoms with Crippen molar-refractivity contribution in [3.8, 4) is 11.5 Å². The van der Waals surface area contributed by atoms with Crippen molar-refractivity contribution in [3.05, 3.63) is 22.2 Å². The first kappa shape index (κ1) is 14.2. The average molecular weight is 341 g/mol. The summed E-state index contributed by atoms with van der Waals surface area (Å²) in [6, 6.07) is 4.48. The molecule has 110 valence electrons. The molecule has 1 heterocycles. The predicted molar refractivity (Wildman–Crippen MR) is 82.3 cm³/mol. The fourth-order valence-corrected chi connectivity index (χ4v) is 3.53. The van der Waals surface area contributed by atoms with E-state index in [1.54, 1.807) is 7.11 Å². The monoisotopic (exact) mass is 340 g/mol. The summed E-state index contributed by atoms with van der Waals surface area (Å²) in [6.07, 6.45) is 2.60. The van der Waals surface area contributed by atoms with Crippen molar-refractivity contribution in [2.75, 3.05) is 33.3 Å². The third-order valence-electron chi connectivity index (χ3n) is 4.23. The van der Waals surface area contributed by atoms with E-state index in [4.69, 9.17) is 4.74 Å². The van der Waals surface area contributed by atoms with Crippen LogP contribution in [0.2, 0.25) is 0 Å². The number of phenolic OH excluding ortho intramolecular Hbond substituents is 1. The Hall–Kier alpha value is -0.780. The summed E-state index contributed by atoms with van der Waals surface area (Å²) in [5.74, 6) is 1.48. The fourth-order valence-electron chi connectivity index (χ4n) is 3.07. The van der Waals surface area contributed by atoms with Crippen LogP contribution in [0.4, 0.5) is 0 Å². The van der Waals surface area contributed by atoms with Crippen LogP contribution in [0.3, 0.4) is 0 Å². The van der Waals surface area contributed by atoms with E-state index in [0.29, 0.717) is 16.3 Å². The minimum Gasteiger partial charge on any atom is -0.503 e. The van der Waals surface area contributed by atoms with E-state index in [9.17, 15) is 5.11 Å². The number of hydrogen-bond acceptors (Lipinski definition) is 4. The van der Waals surface area contributed by atoms with Crippen molar-refractivity contribution in [2.45, 2.75) is 18.9 Å². The largest absolute Gasteiger partial charge is 0.503 e. The van der Waals surface area contributed by atoms with Crippen LogP contribution >= 0.6 is 15.9 Å². The third-order valence-corrected chi connectivity index (χ3v) is 4.83. The average Bonchev–Trinajstić information content (AvgIpc) is 3.28. The summed E-state index contributed by atoms with van der Waals surface area (Å²) in [6.45, 7) is 4.28. The number of nitrogens with zero attached hydrogens (tertiary/aromatic N) is 1. The number of piperazine rings is 1. The molecule has 0 aromatic heterocycles. The van der Waals surface area contributed by atoms with Gasteiger partial charge in [0.05, 0.1) is 11.6 Å². The van der Waals surface area contributed by atoms with Gasteiger partial charge in [0, 0.05) is 32.2 Å². The Balaban J connectivity index is 1.92. The second-order valence-corrected chi connectivity index (χ2v) is 6.48. The quantitative estimate of drug-likeness (QED) is 0.883. The lowest BCUT2D eigenvalue weighted by atomic mass is 9.99. The zero-order valence-corrected chi connectivity index (χ0v) is 13.3. The van der Waals surface area contributed by atoms with Gasteiger partial charge in [-0.25, -0.2) is 0 Å². The van der Waals surface area contributed by atoms with Crippen molar-refractivity contribution >= 4 is 15.9 Å². The molecule has 1 aliphatic heterocycles. The molecule has 1 aromatic rings. The number of benzene rings is 1. The SMILES string of the molecule is COc1cc([C@H](C2CC2)N2CCNCC2)cc(Br)c1O. The molecule has 5 heteroatoms. The van der Waals surface area contributed by atoms with E-state index >= 15 is 0 Å². The van der Waals surface area contributed by atoms with Gasteiger partial charge in [-0.15, -0.1) is 0 Å². The standard InChI is InChI=1S/C15H21BrN2O2/c1-20-13-9-11(8-12(16)15(13)19)14(10-2-3-10)18-6-4-17-5-7-18/h8-10,14,17,19H,2-7H2,1H3/t14-/m0/s1. The highest BCUT2D eigenvalue weighted by atomic mass is 79.9. The molecule has 0 radical (unpaired) electrons. The van der Waals surface area contributed by atoms with Crippen molar-refractivity contribution < 1.29 is 9.84 Å². The predicted octanol–water partition coefficient (Wildman–Crippen LogP) is 2.52. The minimum absolute atomic E-state index is 0.186. The zero-order valence-electron chi connectivity index (χ0n) is 11.7. The molecule has 1 saturated heterocycles. The van der Waals surface area contributed by atoms with E-state index in [1.807, 2.05) is 12.1 Å². The number of aromatic hydroxyl groups is 1. The number of phenols is 1. The van der Waals surface area contributed by atoms with Gasteiger partial charge in [0.2, 0.25) is 0 Å². The maximum absolute atomic E-state index is 9.97. The van der Waals surface area contributed by atoms with Gasteiger partial charge in [0.25, 0.3) is 0 Å². The first-order valence-electron chi connectivity index (χ1n) is 7.22. The molecule has 2 N–H and O–H groups in total. The highest BCUT2D eigenvalue weighted by Gasteiger charge is 2.37. The highest BCUT2D eigenvalue weighted by molar-refractivity contribution is 9.10. The number of methoxy groups -OCH3 is 1. The Kier molecular flexibility index (Phi) is 4.19. The lowest BCUT2D eigenvalue weighted by Crippen LogP contribution is -2.45. The molecule has 2 fully saturated rings. The molecule has 1 aromatic carbocycles. The van der Waals surface area contributed by atoms with Crippen LogP contribution in [-0.4, -0.2) is 43.3 Å². The van der Waals surface area contributed by atoms with Crippen molar-refractivity contribution in [3.63, 3.8) is 0 Å². The van der Waals surface area contributed by atoms with Crippen LogP contribution in [0.1, 0.15) is 24.4 Å². The van der Waals surface area contributed by atoms with Crippen molar-refractivity contribution in [2.24, 2.45) is 5.92 Å². The molecule has 20 heavy (non-hydrogen) atoms. The topological polar surface area (TPSA) is 44.7 Å². The lowest BCUT2D eigenvalue weighted by Gasteiger charge is -2.35. The highest BCUT2D eigenvalue weighted by Crippen LogP contribution is 2.47. The Morgan fingerprint density at radius 3 is 2.65 bits per heavy atom. The third kappa shape index (κ3) is 2.80. The van der Waals surface area contributed by atoms with Crippen LogP contribution in [-0.2, 0) is 0 Å². The molecule has 0 amide bonds. The molecule has 0 bridgehead atoms. The van der Waals surface area contributed by atoms with E-state index in [0.717, 1.165) is 32.1 Å². The smallest absolute Gasteiger partial charge is 0.172 e. The Bertz CT molecular complexity index is 485. The van der Waals surface area contributed by atoms with Gasteiger partial charge in [-0.05, 0) is 52.4 Å². The molecule has 2 aliphatic rings. The van der Waals surface area contributed by atoms with E-state index in [-0.39, 0.29) is 5.75 Å². The first-order chi connectivity index (χ1) is 9.70. The summed E-state index contributed by atoms with van der Waals surface area (Å²) >= 11 is 3.44. The van der Waals surface area contributed by atoms with Gasteiger partial charge in [-0.2, -0.15) is 0 Å². The molecular formula is C15H21BrN2O2. The molecule has 0 unspecified atom stereocenters. The molecule has 1 aliphatic carbocycles. The number of ether oxygens (including phenoxy) is 1. The van der Waals surface area contributed by atoms with E-state index < -0.39 is 0 Å². The van der Waals surface area contributed by atoms with Crippen molar-refractivity contribution in [1.82, 2.24) is 10.2 Å². The molecule has 1 atom stereocenters. The van der Waals surface area contributed by atoms with Gasteiger partial charge in [0.15, 0.2) is 11.5 Å². The maximum atomic E-state index is 9.97. The minimum atomic E-state index is 0.186. The van der Waals surface area contributed by atoms with Crippen LogP contribution in [0.5, 0.6) is 11.5 Å². The molecule has 1 saturated carbocycles. The summed E-state index contributed by atoms with van der Waals surface area (Å²) in [5.41, 5.74) is 1.25. The molecule has 4 nitrogen and oxygen atoms in total. The van der Waals surface area contributed by atoms with Gasteiger partial charge >= 0.3 is 0 Å². The second-order valence-electron chi connectivity index (χ2n) is 5.62. The number of halogens is 1. The molecular weight excluding hydrogens is 320 g/mol. The maximum Gasteiger partial charge on any atom is 0.172 e. The molecule has 3 rings (SSSR count). The van der Waals surface area contributed by atoms with Gasteiger partial charge < -0.3 is 15.2 Å². The first-order valence-corrected chi connectivity index (χ1v) is 8.01. The Labute approximate surface area is 128 Å². The van der Waals surface area contributed by atoms with Crippen LogP contribution < -0.4 is 10.1 Å². The number of nitrogens with one attached hydrogen (secondary N) is 1. The van der Waals surface area contributed by atoms with Crippen LogP contribution in [0, 0.1) is 5.92 Å². The number of hydrogen-bond donors (Lipinski definition) is 2.